The van der Waals surface area contributed by atoms with E-state index in [0.29, 0.717) is 0 Å². The van der Waals surface area contributed by atoms with Crippen molar-refractivity contribution in [1.82, 2.24) is 0 Å². The van der Waals surface area contributed by atoms with Crippen LogP contribution in [0.1, 0.15) is 53.4 Å². The first kappa shape index (κ1) is 15.7. The fourth-order valence-electron chi connectivity index (χ4n) is 1.54. The molecule has 0 aliphatic rings. The monoisotopic (exact) mass is 238 g/mol. The molecule has 0 rings (SSSR count). The third kappa shape index (κ3) is 10.2. The van der Waals surface area contributed by atoms with Crippen molar-refractivity contribution in [3.8, 4) is 0 Å². The molecular weight excluding hydrogens is 211 g/mol. The molecule has 16 heavy (non-hydrogen) atoms. The highest BCUT2D eigenvalue weighted by Gasteiger charge is 1.91. The van der Waals surface area contributed by atoms with Crippen molar-refractivity contribution in [3.63, 3.8) is 0 Å². The summed E-state index contributed by atoms with van der Waals surface area (Å²) in [6.07, 6.45) is 12.9. The lowest BCUT2D eigenvalue weighted by Crippen LogP contribution is -1.80. The van der Waals surface area contributed by atoms with Gasteiger partial charge in [0.05, 0.1) is 0 Å². The van der Waals surface area contributed by atoms with Gasteiger partial charge in [0.2, 0.25) is 0 Å². The van der Waals surface area contributed by atoms with Crippen LogP contribution in [0.25, 0.3) is 0 Å². The lowest BCUT2D eigenvalue weighted by atomic mass is 10.1. The number of allylic oxidation sites excluding steroid dienone is 6. The van der Waals surface area contributed by atoms with E-state index in [0.717, 1.165) is 6.16 Å². The lowest BCUT2D eigenvalue weighted by Gasteiger charge is -2.00. The molecule has 0 saturated heterocycles. The first-order chi connectivity index (χ1) is 7.56. The Balaban J connectivity index is 3.79. The van der Waals surface area contributed by atoms with E-state index in [1.54, 1.807) is 0 Å². The van der Waals surface area contributed by atoms with Crippen LogP contribution in [0, 0.1) is 0 Å². The topological polar surface area (TPSA) is 0 Å². The molecular formula is C15H27P. The van der Waals surface area contributed by atoms with Crippen molar-refractivity contribution in [2.45, 2.75) is 53.4 Å². The Labute approximate surface area is 104 Å². The molecule has 0 spiro atoms. The zero-order valence-corrected chi connectivity index (χ0v) is 12.5. The quantitative estimate of drug-likeness (QED) is 0.418. The van der Waals surface area contributed by atoms with Gasteiger partial charge < -0.3 is 0 Å². The average Bonchev–Trinajstić information content (AvgIpc) is 2.17. The fourth-order valence-corrected chi connectivity index (χ4v) is 1.94. The van der Waals surface area contributed by atoms with Crippen molar-refractivity contribution in [3.05, 3.63) is 34.9 Å². The Morgan fingerprint density at radius 3 is 1.81 bits per heavy atom. The highest BCUT2D eigenvalue weighted by molar-refractivity contribution is 7.16. The Morgan fingerprint density at radius 1 is 0.812 bits per heavy atom. The largest absolute Gasteiger partial charge is 0.134 e. The Bertz CT molecular complexity index is 265. The minimum absolute atomic E-state index is 1.08. The van der Waals surface area contributed by atoms with Crippen LogP contribution in [0.3, 0.4) is 0 Å². The molecule has 1 heteroatoms. The molecule has 0 amide bonds. The van der Waals surface area contributed by atoms with Gasteiger partial charge in [-0.15, -0.1) is 9.24 Å². The lowest BCUT2D eigenvalue weighted by molar-refractivity contribution is 0.917. The molecule has 0 N–H and O–H groups in total. The van der Waals surface area contributed by atoms with E-state index >= 15 is 0 Å². The molecule has 1 atom stereocenters. The third-order valence-electron chi connectivity index (χ3n) is 2.59. The Hall–Kier alpha value is -0.350. The second-order valence-electron chi connectivity index (χ2n) is 4.70. The Kier molecular flexibility index (Phi) is 9.63. The molecule has 0 bridgehead atoms. The van der Waals surface area contributed by atoms with Gasteiger partial charge in [0.25, 0.3) is 0 Å². The summed E-state index contributed by atoms with van der Waals surface area (Å²) in [5.74, 6) is 0. The van der Waals surface area contributed by atoms with Crippen molar-refractivity contribution < 1.29 is 0 Å². The molecule has 0 aliphatic heterocycles. The minimum Gasteiger partial charge on any atom is -0.134 e. The van der Waals surface area contributed by atoms with Gasteiger partial charge in [0.1, 0.15) is 0 Å². The van der Waals surface area contributed by atoms with Crippen LogP contribution in [0.5, 0.6) is 0 Å². The van der Waals surface area contributed by atoms with Crippen molar-refractivity contribution in [2.24, 2.45) is 0 Å². The molecule has 0 heterocycles. The highest BCUT2D eigenvalue weighted by atomic mass is 31.0. The van der Waals surface area contributed by atoms with Crippen molar-refractivity contribution in [1.29, 1.82) is 0 Å². The summed E-state index contributed by atoms with van der Waals surface area (Å²) in [7, 11) is 2.74. The van der Waals surface area contributed by atoms with Gasteiger partial charge in [-0.2, -0.15) is 0 Å². The van der Waals surface area contributed by atoms with Gasteiger partial charge >= 0.3 is 0 Å². The summed E-state index contributed by atoms with van der Waals surface area (Å²) in [6.45, 7) is 8.79. The summed E-state index contributed by atoms with van der Waals surface area (Å²) in [4.78, 5) is 0. The summed E-state index contributed by atoms with van der Waals surface area (Å²) in [5.41, 5.74) is 4.45. The maximum absolute atomic E-state index is 2.74. The number of rotatable bonds is 7. The standard InChI is InChI=1S/C15H27P/c1-13(2)7-5-8-14(3)9-6-10-15(4)11-12-16/h7,9,11H,5-6,8,10,12,16H2,1-4H3/b14-9+,15-11-. The molecule has 0 aliphatic carbocycles. The van der Waals surface area contributed by atoms with Gasteiger partial charge in [0, 0.05) is 0 Å². The van der Waals surface area contributed by atoms with Crippen LogP contribution < -0.4 is 0 Å². The SMILES string of the molecule is CC(C)=CCC/C(C)=C/CC/C(C)=C\CP. The van der Waals surface area contributed by atoms with Gasteiger partial charge in [-0.3, -0.25) is 0 Å². The van der Waals surface area contributed by atoms with Gasteiger partial charge in [-0.1, -0.05) is 34.9 Å². The number of hydrogen-bond acceptors (Lipinski definition) is 0. The molecule has 0 aromatic rings. The van der Waals surface area contributed by atoms with E-state index in [9.17, 15) is 0 Å². The van der Waals surface area contributed by atoms with Crippen LogP contribution in [0.15, 0.2) is 34.9 Å². The molecule has 0 nitrogen and oxygen atoms in total. The molecule has 0 aromatic carbocycles. The van der Waals surface area contributed by atoms with E-state index < -0.39 is 0 Å². The van der Waals surface area contributed by atoms with Crippen LogP contribution >= 0.6 is 9.24 Å². The summed E-state index contributed by atoms with van der Waals surface area (Å²) >= 11 is 0. The predicted octanol–water partition coefficient (Wildman–Crippen LogP) is 5.28. The average molecular weight is 238 g/mol. The molecule has 1 unspecified atom stereocenters. The van der Waals surface area contributed by atoms with Crippen LogP contribution in [-0.4, -0.2) is 6.16 Å². The first-order valence-electron chi connectivity index (χ1n) is 6.21. The van der Waals surface area contributed by atoms with Crippen LogP contribution in [-0.2, 0) is 0 Å². The van der Waals surface area contributed by atoms with E-state index in [1.165, 1.54) is 42.4 Å². The first-order valence-corrected chi connectivity index (χ1v) is 7.02. The normalized spacial score (nSPS) is 12.8. The third-order valence-corrected chi connectivity index (χ3v) is 2.82. The molecule has 0 saturated carbocycles. The van der Waals surface area contributed by atoms with Crippen molar-refractivity contribution >= 4 is 9.24 Å². The smallest absolute Gasteiger partial charge is 0.0197 e. The summed E-state index contributed by atoms with van der Waals surface area (Å²) in [6, 6.07) is 0. The van der Waals surface area contributed by atoms with E-state index in [2.05, 4.69) is 55.2 Å². The zero-order valence-electron chi connectivity index (χ0n) is 11.3. The minimum atomic E-state index is 1.08. The van der Waals surface area contributed by atoms with Crippen LogP contribution in [0.4, 0.5) is 0 Å². The second kappa shape index (κ2) is 9.85. The van der Waals surface area contributed by atoms with E-state index in [-0.39, 0.29) is 0 Å². The second-order valence-corrected chi connectivity index (χ2v) is 5.17. The molecule has 0 fully saturated rings. The fraction of sp³-hybridized carbons (Fsp3) is 0.600. The van der Waals surface area contributed by atoms with Crippen molar-refractivity contribution in [2.75, 3.05) is 6.16 Å². The van der Waals surface area contributed by atoms with Gasteiger partial charge in [-0.05, 0) is 59.5 Å². The van der Waals surface area contributed by atoms with E-state index in [4.69, 9.17) is 0 Å². The van der Waals surface area contributed by atoms with Gasteiger partial charge in [0.15, 0.2) is 0 Å². The summed E-state index contributed by atoms with van der Waals surface area (Å²) < 4.78 is 0. The zero-order chi connectivity index (χ0) is 12.4. The maximum atomic E-state index is 2.74. The predicted molar refractivity (Wildman–Crippen MR) is 80.0 cm³/mol. The molecule has 0 aromatic heterocycles. The van der Waals surface area contributed by atoms with E-state index in [1.807, 2.05) is 0 Å². The number of hydrogen-bond donors (Lipinski definition) is 0. The Morgan fingerprint density at radius 2 is 1.31 bits per heavy atom. The highest BCUT2D eigenvalue weighted by Crippen LogP contribution is 2.11. The maximum Gasteiger partial charge on any atom is -0.0197 e. The molecule has 0 radical (unpaired) electrons. The molecule has 92 valence electrons. The van der Waals surface area contributed by atoms with Gasteiger partial charge in [-0.25, -0.2) is 0 Å². The summed E-state index contributed by atoms with van der Waals surface area (Å²) in [5, 5.41) is 0. The van der Waals surface area contributed by atoms with Crippen LogP contribution in [0.2, 0.25) is 0 Å².